The molecule has 0 saturated carbocycles. The molecule has 34 heavy (non-hydrogen) atoms. The first-order valence-electron chi connectivity index (χ1n) is 12.0. The third-order valence-electron chi connectivity index (χ3n) is 6.83. The predicted molar refractivity (Wildman–Crippen MR) is 134 cm³/mol. The molecule has 3 heterocycles. The zero-order chi connectivity index (χ0) is 23.8. The number of hydrogen-bond acceptors (Lipinski definition) is 4. The minimum Gasteiger partial charge on any atom is -0.365 e. The maximum absolute atomic E-state index is 13.3. The molecule has 1 fully saturated rings. The number of amides is 2. The van der Waals surface area contributed by atoms with Gasteiger partial charge in [0.2, 0.25) is 11.8 Å². The Morgan fingerprint density at radius 2 is 1.79 bits per heavy atom. The van der Waals surface area contributed by atoms with Gasteiger partial charge >= 0.3 is 0 Å². The number of carbonyl (C=O) groups is 2. The van der Waals surface area contributed by atoms with Crippen LogP contribution in [-0.4, -0.2) is 58.7 Å². The van der Waals surface area contributed by atoms with E-state index in [1.54, 1.807) is 4.90 Å². The molecule has 2 aliphatic rings. The number of aryl methyl sites for hydroxylation is 3. The number of carbonyl (C=O) groups excluding carboxylic acids is 2. The van der Waals surface area contributed by atoms with Gasteiger partial charge < -0.3 is 9.80 Å². The summed E-state index contributed by atoms with van der Waals surface area (Å²) < 4.78 is 1.85. The Balaban J connectivity index is 1.30. The molecule has 0 aliphatic carbocycles. The highest BCUT2D eigenvalue weighted by molar-refractivity contribution is 5.99. The summed E-state index contributed by atoms with van der Waals surface area (Å²) in [6, 6.07) is 18.8. The van der Waals surface area contributed by atoms with E-state index in [4.69, 9.17) is 5.10 Å². The number of fused-ring (bicyclic) bond motifs is 1. The summed E-state index contributed by atoms with van der Waals surface area (Å²) in [4.78, 5) is 31.9. The van der Waals surface area contributed by atoms with Crippen LogP contribution in [0.1, 0.15) is 24.5 Å². The van der Waals surface area contributed by atoms with E-state index in [9.17, 15) is 9.59 Å². The Kier molecular flexibility index (Phi) is 5.86. The highest BCUT2D eigenvalue weighted by Crippen LogP contribution is 2.29. The van der Waals surface area contributed by atoms with Gasteiger partial charge in [-0.2, -0.15) is 5.10 Å². The first-order valence-corrected chi connectivity index (χ1v) is 12.0. The van der Waals surface area contributed by atoms with Crippen LogP contribution in [0.3, 0.4) is 0 Å². The highest BCUT2D eigenvalue weighted by atomic mass is 16.2. The largest absolute Gasteiger partial charge is 0.365 e. The fourth-order valence-corrected chi connectivity index (χ4v) is 4.90. The van der Waals surface area contributed by atoms with E-state index in [0.29, 0.717) is 31.9 Å². The summed E-state index contributed by atoms with van der Waals surface area (Å²) >= 11 is 0. The molecule has 0 N–H and O–H groups in total. The second kappa shape index (κ2) is 8.97. The van der Waals surface area contributed by atoms with Crippen LogP contribution in [0.2, 0.25) is 0 Å². The summed E-state index contributed by atoms with van der Waals surface area (Å²) in [5.74, 6) is 0.657. The standard InChI is InChI=1S/C27H31N5O2/c1-19-7-9-22(10-8-19)24-16-25-31(26(33)11-12-32(25)28-24)18-27(34)29-13-14-30(21(3)17-29)23-6-4-5-20(2)15-23/h4-10,15-16,21H,11-14,17-18H2,1-3H3. The lowest BCUT2D eigenvalue weighted by Crippen LogP contribution is -2.56. The SMILES string of the molecule is Cc1ccc(-c2cc3n(n2)CCC(=O)N3CC(=O)N2CCN(c3cccc(C)c3)C(C)C2)cc1. The van der Waals surface area contributed by atoms with E-state index in [2.05, 4.69) is 62.1 Å². The van der Waals surface area contributed by atoms with Crippen molar-refractivity contribution in [2.45, 2.75) is 39.8 Å². The smallest absolute Gasteiger partial charge is 0.242 e. The normalized spacial score (nSPS) is 18.3. The molecular formula is C27H31N5O2. The lowest BCUT2D eigenvalue weighted by molar-refractivity contribution is -0.132. The molecule has 2 aliphatic heterocycles. The van der Waals surface area contributed by atoms with Crippen LogP contribution < -0.4 is 9.80 Å². The third kappa shape index (κ3) is 4.30. The number of benzene rings is 2. The van der Waals surface area contributed by atoms with Crippen molar-refractivity contribution < 1.29 is 9.59 Å². The van der Waals surface area contributed by atoms with Crippen LogP contribution in [0.25, 0.3) is 11.3 Å². The van der Waals surface area contributed by atoms with Crippen molar-refractivity contribution in [2.24, 2.45) is 0 Å². The molecule has 0 bridgehead atoms. The van der Waals surface area contributed by atoms with Crippen molar-refractivity contribution in [3.63, 3.8) is 0 Å². The molecule has 1 atom stereocenters. The monoisotopic (exact) mass is 457 g/mol. The van der Waals surface area contributed by atoms with E-state index in [-0.39, 0.29) is 24.4 Å². The van der Waals surface area contributed by atoms with Gasteiger partial charge in [0, 0.05) is 49.4 Å². The lowest BCUT2D eigenvalue weighted by Gasteiger charge is -2.42. The van der Waals surface area contributed by atoms with Crippen molar-refractivity contribution in [3.8, 4) is 11.3 Å². The van der Waals surface area contributed by atoms with Gasteiger partial charge in [0.1, 0.15) is 12.4 Å². The third-order valence-corrected chi connectivity index (χ3v) is 6.83. The Hall–Kier alpha value is -3.61. The number of piperazine rings is 1. The molecule has 1 saturated heterocycles. The minimum absolute atomic E-state index is 0.0179. The molecule has 5 rings (SSSR count). The van der Waals surface area contributed by atoms with Crippen molar-refractivity contribution >= 4 is 23.3 Å². The Bertz CT molecular complexity index is 1220. The minimum atomic E-state index is -0.0253. The second-order valence-electron chi connectivity index (χ2n) is 9.43. The van der Waals surface area contributed by atoms with Gasteiger partial charge in [0.25, 0.3) is 0 Å². The van der Waals surface area contributed by atoms with Crippen LogP contribution >= 0.6 is 0 Å². The molecule has 0 radical (unpaired) electrons. The van der Waals surface area contributed by atoms with E-state index >= 15 is 0 Å². The van der Waals surface area contributed by atoms with Crippen molar-refractivity contribution in [2.75, 3.05) is 36.0 Å². The first-order chi connectivity index (χ1) is 16.4. The molecular weight excluding hydrogens is 426 g/mol. The molecule has 1 unspecified atom stereocenters. The number of aromatic nitrogens is 2. The topological polar surface area (TPSA) is 61.7 Å². The summed E-state index contributed by atoms with van der Waals surface area (Å²) in [6.45, 7) is 8.95. The van der Waals surface area contributed by atoms with Gasteiger partial charge in [0.15, 0.2) is 0 Å². The van der Waals surface area contributed by atoms with Crippen LogP contribution in [0.15, 0.2) is 54.6 Å². The number of anilines is 2. The average Bonchev–Trinajstić information content (AvgIpc) is 3.26. The zero-order valence-corrected chi connectivity index (χ0v) is 20.1. The van der Waals surface area contributed by atoms with Crippen LogP contribution in [0.4, 0.5) is 11.5 Å². The van der Waals surface area contributed by atoms with Gasteiger partial charge in [0.05, 0.1) is 12.2 Å². The molecule has 0 spiro atoms. The lowest BCUT2D eigenvalue weighted by atomic mass is 10.1. The summed E-state index contributed by atoms with van der Waals surface area (Å²) in [5, 5.41) is 4.71. The van der Waals surface area contributed by atoms with Crippen LogP contribution in [0, 0.1) is 13.8 Å². The molecule has 1 aromatic heterocycles. The van der Waals surface area contributed by atoms with E-state index in [0.717, 1.165) is 17.8 Å². The second-order valence-corrected chi connectivity index (χ2v) is 9.43. The first kappa shape index (κ1) is 22.2. The van der Waals surface area contributed by atoms with Gasteiger partial charge in [-0.05, 0) is 38.5 Å². The van der Waals surface area contributed by atoms with Crippen LogP contribution in [-0.2, 0) is 16.1 Å². The Morgan fingerprint density at radius 3 is 2.53 bits per heavy atom. The quantitative estimate of drug-likeness (QED) is 0.600. The number of rotatable bonds is 4. The average molecular weight is 458 g/mol. The summed E-state index contributed by atoms with van der Waals surface area (Å²) in [5.41, 5.74) is 5.44. The maximum atomic E-state index is 13.3. The molecule has 7 heteroatoms. The van der Waals surface area contributed by atoms with E-state index in [1.807, 2.05) is 27.8 Å². The Labute approximate surface area is 200 Å². The molecule has 176 valence electrons. The molecule has 7 nitrogen and oxygen atoms in total. The van der Waals surface area contributed by atoms with Crippen molar-refractivity contribution in [1.29, 1.82) is 0 Å². The molecule has 2 amide bonds. The van der Waals surface area contributed by atoms with E-state index in [1.165, 1.54) is 16.8 Å². The van der Waals surface area contributed by atoms with Gasteiger partial charge in [-0.25, -0.2) is 4.68 Å². The van der Waals surface area contributed by atoms with Crippen molar-refractivity contribution in [3.05, 3.63) is 65.7 Å². The van der Waals surface area contributed by atoms with Gasteiger partial charge in [-0.15, -0.1) is 0 Å². The summed E-state index contributed by atoms with van der Waals surface area (Å²) in [7, 11) is 0. The van der Waals surface area contributed by atoms with Gasteiger partial charge in [-0.1, -0.05) is 42.0 Å². The van der Waals surface area contributed by atoms with E-state index < -0.39 is 0 Å². The molecule has 3 aromatic rings. The van der Waals surface area contributed by atoms with Crippen molar-refractivity contribution in [1.82, 2.24) is 14.7 Å². The number of hydrogen-bond donors (Lipinski definition) is 0. The van der Waals surface area contributed by atoms with Gasteiger partial charge in [-0.3, -0.25) is 14.5 Å². The predicted octanol–water partition coefficient (Wildman–Crippen LogP) is 3.64. The highest BCUT2D eigenvalue weighted by Gasteiger charge is 2.32. The molecule has 2 aromatic carbocycles. The summed E-state index contributed by atoms with van der Waals surface area (Å²) in [6.07, 6.45) is 0.354. The Morgan fingerprint density at radius 1 is 1.00 bits per heavy atom. The zero-order valence-electron chi connectivity index (χ0n) is 20.1. The van der Waals surface area contributed by atoms with Crippen LogP contribution in [0.5, 0.6) is 0 Å². The number of nitrogens with zero attached hydrogens (tertiary/aromatic N) is 5. The fraction of sp³-hybridized carbons (Fsp3) is 0.370. The maximum Gasteiger partial charge on any atom is 0.242 e. The fourth-order valence-electron chi connectivity index (χ4n) is 4.90.